The van der Waals surface area contributed by atoms with E-state index in [4.69, 9.17) is 9.84 Å². The number of rotatable bonds is 11. The van der Waals surface area contributed by atoms with E-state index in [0.717, 1.165) is 19.3 Å². The van der Waals surface area contributed by atoms with Crippen molar-refractivity contribution >= 4 is 0 Å². The van der Waals surface area contributed by atoms with Crippen LogP contribution in [0.2, 0.25) is 0 Å². The Morgan fingerprint density at radius 3 is 2.22 bits per heavy atom. The summed E-state index contributed by atoms with van der Waals surface area (Å²) in [6, 6.07) is 0. The van der Waals surface area contributed by atoms with Crippen LogP contribution in [0.3, 0.4) is 0 Å². The number of aliphatic hydroxyl groups is 3. The molecule has 4 heteroatoms. The summed E-state index contributed by atoms with van der Waals surface area (Å²) in [5.74, 6) is 0. The van der Waals surface area contributed by atoms with Gasteiger partial charge in [-0.2, -0.15) is 0 Å². The third kappa shape index (κ3) is 8.03. The zero-order valence-electron chi connectivity index (χ0n) is 12.0. The summed E-state index contributed by atoms with van der Waals surface area (Å²) in [6.45, 7) is 5.60. The Balaban J connectivity index is 4.17. The maximum atomic E-state index is 9.65. The molecule has 0 fully saturated rings. The first-order chi connectivity index (χ1) is 8.54. The monoisotopic (exact) mass is 262 g/mol. The minimum Gasteiger partial charge on any atom is -0.394 e. The molecule has 0 saturated carbocycles. The molecular weight excluding hydrogens is 232 g/mol. The van der Waals surface area contributed by atoms with Crippen LogP contribution in [0.15, 0.2) is 0 Å². The first-order valence-electron chi connectivity index (χ1n) is 7.17. The summed E-state index contributed by atoms with van der Waals surface area (Å²) >= 11 is 0. The van der Waals surface area contributed by atoms with Gasteiger partial charge in [0.1, 0.15) is 0 Å². The summed E-state index contributed by atoms with van der Waals surface area (Å²) < 4.78 is 5.86. The van der Waals surface area contributed by atoms with Crippen LogP contribution in [0, 0.1) is 0 Å². The van der Waals surface area contributed by atoms with Crippen LogP contribution in [0.5, 0.6) is 0 Å². The molecule has 4 atom stereocenters. The fourth-order valence-corrected chi connectivity index (χ4v) is 1.95. The van der Waals surface area contributed by atoms with Gasteiger partial charge in [0, 0.05) is 6.42 Å². The highest BCUT2D eigenvalue weighted by Gasteiger charge is 2.22. The van der Waals surface area contributed by atoms with Crippen molar-refractivity contribution in [3.63, 3.8) is 0 Å². The van der Waals surface area contributed by atoms with Crippen molar-refractivity contribution < 1.29 is 20.1 Å². The fraction of sp³-hybridized carbons (Fsp3) is 1.00. The van der Waals surface area contributed by atoms with Crippen LogP contribution in [0.4, 0.5) is 0 Å². The molecule has 0 aliphatic rings. The van der Waals surface area contributed by atoms with Crippen LogP contribution in [0.1, 0.15) is 59.3 Å². The van der Waals surface area contributed by atoms with Crippen LogP contribution in [0.25, 0.3) is 0 Å². The van der Waals surface area contributed by atoms with Gasteiger partial charge in [0.2, 0.25) is 0 Å². The Labute approximate surface area is 111 Å². The lowest BCUT2D eigenvalue weighted by molar-refractivity contribution is -0.0962. The lowest BCUT2D eigenvalue weighted by atomic mass is 10.1. The summed E-state index contributed by atoms with van der Waals surface area (Å²) in [6.07, 6.45) is 3.94. The second-order valence-corrected chi connectivity index (χ2v) is 5.01. The molecule has 0 aromatic rings. The molecule has 0 aliphatic carbocycles. The molecular formula is C14H30O4. The summed E-state index contributed by atoms with van der Waals surface area (Å²) in [5, 5.41) is 27.9. The van der Waals surface area contributed by atoms with E-state index in [-0.39, 0.29) is 19.1 Å². The lowest BCUT2D eigenvalue weighted by Gasteiger charge is -2.27. The Morgan fingerprint density at radius 2 is 1.78 bits per heavy atom. The van der Waals surface area contributed by atoms with Crippen molar-refractivity contribution in [3.05, 3.63) is 0 Å². The first kappa shape index (κ1) is 17.8. The van der Waals surface area contributed by atoms with Crippen molar-refractivity contribution in [2.75, 3.05) is 6.61 Å². The number of ether oxygens (including phenoxy) is 1. The Hall–Kier alpha value is -0.160. The molecule has 0 radical (unpaired) electrons. The minimum absolute atomic E-state index is 0.127. The minimum atomic E-state index is -0.822. The highest BCUT2D eigenvalue weighted by molar-refractivity contribution is 4.72. The van der Waals surface area contributed by atoms with Gasteiger partial charge in [0.15, 0.2) is 0 Å². The molecule has 18 heavy (non-hydrogen) atoms. The number of hydrogen-bond acceptors (Lipinski definition) is 4. The Morgan fingerprint density at radius 1 is 1.11 bits per heavy atom. The largest absolute Gasteiger partial charge is 0.394 e. The normalized spacial score (nSPS) is 18.3. The van der Waals surface area contributed by atoms with Crippen molar-refractivity contribution in [1.82, 2.24) is 0 Å². The molecule has 0 aromatic heterocycles. The third-order valence-electron chi connectivity index (χ3n) is 3.21. The number of unbranched alkanes of at least 4 members (excludes halogenated alkanes) is 2. The molecule has 0 aliphatic heterocycles. The predicted molar refractivity (Wildman–Crippen MR) is 72.5 cm³/mol. The van der Waals surface area contributed by atoms with E-state index in [9.17, 15) is 10.2 Å². The maximum absolute atomic E-state index is 9.65. The van der Waals surface area contributed by atoms with Gasteiger partial charge in [0.25, 0.3) is 0 Å². The summed E-state index contributed by atoms with van der Waals surface area (Å²) in [5.41, 5.74) is 0. The predicted octanol–water partition coefficient (Wildman–Crippen LogP) is 1.85. The molecule has 0 rings (SSSR count). The van der Waals surface area contributed by atoms with Gasteiger partial charge >= 0.3 is 0 Å². The van der Waals surface area contributed by atoms with Gasteiger partial charge in [-0.15, -0.1) is 0 Å². The van der Waals surface area contributed by atoms with E-state index in [1.54, 1.807) is 6.92 Å². The smallest absolute Gasteiger partial charge is 0.0860 e. The SMILES string of the molecule is CCCCCC(CC)OC(CC(O)CO)C(C)O. The average molecular weight is 262 g/mol. The van der Waals surface area contributed by atoms with E-state index >= 15 is 0 Å². The van der Waals surface area contributed by atoms with E-state index in [0.29, 0.717) is 0 Å². The molecule has 0 saturated heterocycles. The van der Waals surface area contributed by atoms with E-state index in [1.807, 2.05) is 0 Å². The van der Waals surface area contributed by atoms with E-state index < -0.39 is 18.3 Å². The highest BCUT2D eigenvalue weighted by Crippen LogP contribution is 2.17. The maximum Gasteiger partial charge on any atom is 0.0860 e. The van der Waals surface area contributed by atoms with E-state index in [2.05, 4.69) is 13.8 Å². The standard InChI is InChI=1S/C14H30O4/c1-4-6-7-8-13(5-2)18-14(11(3)16)9-12(17)10-15/h11-17H,4-10H2,1-3H3. The van der Waals surface area contributed by atoms with Crippen molar-refractivity contribution in [1.29, 1.82) is 0 Å². The number of hydrogen-bond donors (Lipinski definition) is 3. The summed E-state index contributed by atoms with van der Waals surface area (Å²) in [4.78, 5) is 0. The van der Waals surface area contributed by atoms with Crippen molar-refractivity contribution in [3.8, 4) is 0 Å². The van der Waals surface area contributed by atoms with Gasteiger partial charge < -0.3 is 20.1 Å². The van der Waals surface area contributed by atoms with Gasteiger partial charge in [-0.1, -0.05) is 33.1 Å². The molecule has 0 heterocycles. The average Bonchev–Trinajstić information content (AvgIpc) is 2.35. The second kappa shape index (κ2) is 10.7. The molecule has 0 bridgehead atoms. The van der Waals surface area contributed by atoms with Gasteiger partial charge in [-0.25, -0.2) is 0 Å². The van der Waals surface area contributed by atoms with Crippen LogP contribution in [-0.4, -0.2) is 46.3 Å². The van der Waals surface area contributed by atoms with Gasteiger partial charge in [-0.3, -0.25) is 0 Å². The molecule has 3 N–H and O–H groups in total. The van der Waals surface area contributed by atoms with Crippen LogP contribution < -0.4 is 0 Å². The molecule has 4 unspecified atom stereocenters. The second-order valence-electron chi connectivity index (χ2n) is 5.01. The topological polar surface area (TPSA) is 69.9 Å². The zero-order chi connectivity index (χ0) is 14.0. The molecule has 0 amide bonds. The molecule has 0 aromatic carbocycles. The van der Waals surface area contributed by atoms with Gasteiger partial charge in [0.05, 0.1) is 31.0 Å². The quantitative estimate of drug-likeness (QED) is 0.497. The number of aliphatic hydroxyl groups excluding tert-OH is 3. The third-order valence-corrected chi connectivity index (χ3v) is 3.21. The molecule has 0 spiro atoms. The van der Waals surface area contributed by atoms with Crippen molar-refractivity contribution in [2.45, 2.75) is 83.7 Å². The Kier molecular flexibility index (Phi) is 10.6. The lowest BCUT2D eigenvalue weighted by Crippen LogP contribution is -2.35. The zero-order valence-corrected chi connectivity index (χ0v) is 12.0. The van der Waals surface area contributed by atoms with Crippen molar-refractivity contribution in [2.24, 2.45) is 0 Å². The fourth-order valence-electron chi connectivity index (χ4n) is 1.95. The van der Waals surface area contributed by atoms with Crippen LogP contribution >= 0.6 is 0 Å². The highest BCUT2D eigenvalue weighted by atomic mass is 16.5. The molecule has 4 nitrogen and oxygen atoms in total. The first-order valence-corrected chi connectivity index (χ1v) is 7.17. The molecule has 110 valence electrons. The van der Waals surface area contributed by atoms with Crippen LogP contribution in [-0.2, 0) is 4.74 Å². The summed E-state index contributed by atoms with van der Waals surface area (Å²) in [7, 11) is 0. The Bertz CT molecular complexity index is 185. The van der Waals surface area contributed by atoms with E-state index in [1.165, 1.54) is 12.8 Å². The van der Waals surface area contributed by atoms with Gasteiger partial charge in [-0.05, 0) is 19.8 Å².